The van der Waals surface area contributed by atoms with E-state index in [9.17, 15) is 25.0 Å². The van der Waals surface area contributed by atoms with Crippen LogP contribution in [0.3, 0.4) is 0 Å². The third-order valence-corrected chi connectivity index (χ3v) is 4.10. The molecule has 27 heavy (non-hydrogen) atoms. The number of oxime groups is 1. The van der Waals surface area contributed by atoms with Crippen LogP contribution in [0.5, 0.6) is 0 Å². The van der Waals surface area contributed by atoms with Gasteiger partial charge in [-0.05, 0) is 36.8 Å². The van der Waals surface area contributed by atoms with Crippen LogP contribution in [0.15, 0.2) is 47.6 Å². The van der Waals surface area contributed by atoms with Crippen LogP contribution in [0.2, 0.25) is 5.02 Å². The van der Waals surface area contributed by atoms with Gasteiger partial charge in [0, 0.05) is 16.1 Å². The van der Waals surface area contributed by atoms with Gasteiger partial charge in [0.15, 0.2) is 0 Å². The van der Waals surface area contributed by atoms with Gasteiger partial charge in [-0.25, -0.2) is 4.79 Å². The van der Waals surface area contributed by atoms with Crippen LogP contribution in [0.25, 0.3) is 0 Å². The Morgan fingerprint density at radius 1 is 1.19 bits per heavy atom. The first kappa shape index (κ1) is 20.4. The average Bonchev–Trinajstić information content (AvgIpc) is 2.64. The Kier molecular flexibility index (Phi) is 6.92. The second-order valence-electron chi connectivity index (χ2n) is 5.82. The summed E-state index contributed by atoms with van der Waals surface area (Å²) in [6, 6.07) is 10.3. The van der Waals surface area contributed by atoms with Crippen molar-refractivity contribution in [3.8, 4) is 0 Å². The lowest BCUT2D eigenvalue weighted by atomic mass is 10.00. The van der Waals surface area contributed by atoms with Crippen molar-refractivity contribution in [1.29, 1.82) is 0 Å². The van der Waals surface area contributed by atoms with Gasteiger partial charge in [-0.15, -0.1) is 0 Å². The number of aromatic carboxylic acids is 1. The lowest BCUT2D eigenvalue weighted by molar-refractivity contribution is 0.0698. The molecule has 0 heterocycles. The van der Waals surface area contributed by atoms with Crippen molar-refractivity contribution in [2.75, 3.05) is 5.32 Å². The zero-order valence-corrected chi connectivity index (χ0v) is 15.3. The number of aliphatic hydroxyl groups excluding tert-OH is 1. The van der Waals surface area contributed by atoms with Crippen LogP contribution < -0.4 is 5.32 Å². The number of nitrogens with zero attached hydrogens (tertiary/aromatic N) is 1. The number of halogens is 1. The van der Waals surface area contributed by atoms with Gasteiger partial charge in [0.25, 0.3) is 5.91 Å². The minimum Gasteiger partial charge on any atom is -0.478 e. The van der Waals surface area contributed by atoms with E-state index in [0.29, 0.717) is 18.4 Å². The Morgan fingerprint density at radius 2 is 1.89 bits per heavy atom. The van der Waals surface area contributed by atoms with Gasteiger partial charge in [-0.2, -0.15) is 0 Å². The van der Waals surface area contributed by atoms with E-state index in [0.717, 1.165) is 0 Å². The maximum atomic E-state index is 12.5. The standard InChI is InChI=1S/C19H19ClN2O5/c1-2-4-16(23)17(22-27)11-5-3-6-12(9-11)18(24)21-15-8-7-13(20)10-14(15)19(25)26/h3,5-10,16,23,27H,2,4H2,1H3,(H,21,24)(H,25,26)/b22-17+. The van der Waals surface area contributed by atoms with Crippen LogP contribution >= 0.6 is 11.6 Å². The maximum Gasteiger partial charge on any atom is 0.337 e. The molecule has 0 aromatic heterocycles. The summed E-state index contributed by atoms with van der Waals surface area (Å²) >= 11 is 5.80. The topological polar surface area (TPSA) is 119 Å². The summed E-state index contributed by atoms with van der Waals surface area (Å²) in [5.74, 6) is -1.78. The van der Waals surface area contributed by atoms with Gasteiger partial charge >= 0.3 is 5.97 Å². The SMILES string of the molecule is CCCC(O)/C(=N/O)c1cccc(C(=O)Nc2ccc(Cl)cc2C(=O)O)c1. The summed E-state index contributed by atoms with van der Waals surface area (Å²) in [4.78, 5) is 23.9. The number of carboxylic acids is 1. The quantitative estimate of drug-likeness (QED) is 0.327. The number of carboxylic acid groups (broad SMARTS) is 1. The first-order valence-corrected chi connectivity index (χ1v) is 8.59. The van der Waals surface area contributed by atoms with E-state index in [1.165, 1.54) is 30.3 Å². The number of hydrogen-bond acceptors (Lipinski definition) is 5. The molecule has 1 atom stereocenters. The van der Waals surface area contributed by atoms with Gasteiger partial charge < -0.3 is 20.7 Å². The molecule has 2 aromatic rings. The molecular formula is C19H19ClN2O5. The summed E-state index contributed by atoms with van der Waals surface area (Å²) in [7, 11) is 0. The van der Waals surface area contributed by atoms with E-state index >= 15 is 0 Å². The van der Waals surface area contributed by atoms with E-state index in [4.69, 9.17) is 11.6 Å². The minimum atomic E-state index is -1.22. The second-order valence-corrected chi connectivity index (χ2v) is 6.26. The van der Waals surface area contributed by atoms with Crippen molar-refractivity contribution in [2.45, 2.75) is 25.9 Å². The molecule has 0 aliphatic carbocycles. The Morgan fingerprint density at radius 3 is 2.52 bits per heavy atom. The highest BCUT2D eigenvalue weighted by atomic mass is 35.5. The van der Waals surface area contributed by atoms with Crippen LogP contribution in [-0.2, 0) is 0 Å². The Balaban J connectivity index is 2.30. The number of carbonyl (C=O) groups is 2. The van der Waals surface area contributed by atoms with Crippen LogP contribution in [-0.4, -0.2) is 39.1 Å². The molecule has 8 heteroatoms. The number of nitrogens with one attached hydrogen (secondary N) is 1. The van der Waals surface area contributed by atoms with Crippen LogP contribution in [0.4, 0.5) is 5.69 Å². The number of benzene rings is 2. The Labute approximate surface area is 160 Å². The molecule has 0 spiro atoms. The minimum absolute atomic E-state index is 0.0595. The monoisotopic (exact) mass is 390 g/mol. The predicted molar refractivity (Wildman–Crippen MR) is 102 cm³/mol. The second kappa shape index (κ2) is 9.16. The summed E-state index contributed by atoms with van der Waals surface area (Å²) in [6.45, 7) is 1.88. The van der Waals surface area contributed by atoms with E-state index in [2.05, 4.69) is 10.5 Å². The molecule has 0 bridgehead atoms. The molecule has 0 aliphatic heterocycles. The first-order chi connectivity index (χ1) is 12.9. The summed E-state index contributed by atoms with van der Waals surface area (Å²) < 4.78 is 0. The zero-order chi connectivity index (χ0) is 20.0. The molecule has 1 unspecified atom stereocenters. The van der Waals surface area contributed by atoms with Crippen molar-refractivity contribution in [2.24, 2.45) is 5.16 Å². The van der Waals surface area contributed by atoms with Gasteiger partial charge in [-0.1, -0.05) is 42.2 Å². The van der Waals surface area contributed by atoms with Crippen LogP contribution in [0, 0.1) is 0 Å². The third-order valence-electron chi connectivity index (χ3n) is 3.87. The van der Waals surface area contributed by atoms with Gasteiger partial charge in [0.1, 0.15) is 5.71 Å². The smallest absolute Gasteiger partial charge is 0.337 e. The lowest BCUT2D eigenvalue weighted by Gasteiger charge is -2.13. The molecule has 0 fully saturated rings. The number of hydrogen-bond donors (Lipinski definition) is 4. The van der Waals surface area contributed by atoms with Gasteiger partial charge in [0.2, 0.25) is 0 Å². The number of amides is 1. The largest absolute Gasteiger partial charge is 0.478 e. The van der Waals surface area contributed by atoms with Gasteiger partial charge in [0.05, 0.1) is 17.4 Å². The van der Waals surface area contributed by atoms with Crippen molar-refractivity contribution in [1.82, 2.24) is 0 Å². The number of rotatable bonds is 7. The molecule has 4 N–H and O–H groups in total. The summed E-state index contributed by atoms with van der Waals surface area (Å²) in [5.41, 5.74) is 0.626. The molecule has 142 valence electrons. The highest BCUT2D eigenvalue weighted by Crippen LogP contribution is 2.22. The fourth-order valence-electron chi connectivity index (χ4n) is 2.54. The maximum absolute atomic E-state index is 12.5. The normalized spacial score (nSPS) is 12.5. The Bertz CT molecular complexity index is 882. The number of anilines is 1. The fourth-order valence-corrected chi connectivity index (χ4v) is 2.72. The van der Waals surface area contributed by atoms with Crippen molar-refractivity contribution >= 4 is 34.9 Å². The predicted octanol–water partition coefficient (Wildman–Crippen LogP) is 3.63. The molecule has 0 saturated carbocycles. The molecule has 2 aromatic carbocycles. The van der Waals surface area contributed by atoms with E-state index in [1.54, 1.807) is 12.1 Å². The highest BCUT2D eigenvalue weighted by molar-refractivity contribution is 6.31. The third kappa shape index (κ3) is 5.06. The molecule has 0 radical (unpaired) electrons. The number of aliphatic hydroxyl groups is 1. The van der Waals surface area contributed by atoms with Gasteiger partial charge in [-0.3, -0.25) is 4.79 Å². The first-order valence-electron chi connectivity index (χ1n) is 8.22. The van der Waals surface area contributed by atoms with Crippen LogP contribution in [0.1, 0.15) is 46.0 Å². The van der Waals surface area contributed by atoms with Crippen molar-refractivity contribution < 1.29 is 25.0 Å². The van der Waals surface area contributed by atoms with Crippen molar-refractivity contribution in [3.05, 3.63) is 64.2 Å². The summed E-state index contributed by atoms with van der Waals surface area (Å²) in [6.07, 6.45) is 0.130. The number of carbonyl (C=O) groups excluding carboxylic acids is 1. The molecule has 2 rings (SSSR count). The molecule has 1 amide bonds. The highest BCUT2D eigenvalue weighted by Gasteiger charge is 2.18. The Hall–Kier alpha value is -2.90. The average molecular weight is 391 g/mol. The summed E-state index contributed by atoms with van der Waals surface area (Å²) in [5, 5.41) is 34.5. The molecular weight excluding hydrogens is 372 g/mol. The molecule has 0 saturated heterocycles. The fraction of sp³-hybridized carbons (Fsp3) is 0.211. The zero-order valence-electron chi connectivity index (χ0n) is 14.5. The molecule has 7 nitrogen and oxygen atoms in total. The molecule has 0 aliphatic rings. The van der Waals surface area contributed by atoms with E-state index in [-0.39, 0.29) is 27.5 Å². The van der Waals surface area contributed by atoms with E-state index < -0.39 is 18.0 Å². The van der Waals surface area contributed by atoms with E-state index in [1.807, 2.05) is 6.92 Å². The lowest BCUT2D eigenvalue weighted by Crippen LogP contribution is -2.22. The van der Waals surface area contributed by atoms with Crippen molar-refractivity contribution in [3.63, 3.8) is 0 Å².